The normalized spacial score (nSPS) is 25.5. The molecule has 76 valence electrons. The molecule has 0 aromatic heterocycles. The Balaban J connectivity index is 2.38. The summed E-state index contributed by atoms with van der Waals surface area (Å²) in [6, 6.07) is 0.231. The van der Waals surface area contributed by atoms with E-state index in [1.807, 2.05) is 0 Å². The Labute approximate surface area is 81.3 Å². The second-order valence-electron chi connectivity index (χ2n) is 4.33. The molecule has 0 heterocycles. The first-order valence-electron chi connectivity index (χ1n) is 5.38. The third-order valence-electron chi connectivity index (χ3n) is 3.10. The molecular weight excluding hydrogens is 162 g/mol. The van der Waals surface area contributed by atoms with Gasteiger partial charge in [0, 0.05) is 13.0 Å². The topological polar surface area (TPSA) is 20.3 Å². The van der Waals surface area contributed by atoms with Crippen molar-refractivity contribution in [3.05, 3.63) is 0 Å². The van der Waals surface area contributed by atoms with Crippen LogP contribution < -0.4 is 0 Å². The van der Waals surface area contributed by atoms with Crippen LogP contribution in [-0.2, 0) is 4.79 Å². The van der Waals surface area contributed by atoms with Crippen LogP contribution in [0.3, 0.4) is 0 Å². The fourth-order valence-corrected chi connectivity index (χ4v) is 2.01. The lowest BCUT2D eigenvalue weighted by atomic mass is 10.1. The van der Waals surface area contributed by atoms with Crippen molar-refractivity contribution < 1.29 is 4.79 Å². The zero-order valence-corrected chi connectivity index (χ0v) is 9.05. The highest BCUT2D eigenvalue weighted by Gasteiger charge is 2.28. The zero-order valence-electron chi connectivity index (χ0n) is 9.05. The molecule has 2 unspecified atom stereocenters. The van der Waals surface area contributed by atoms with Gasteiger partial charge in [0.15, 0.2) is 0 Å². The van der Waals surface area contributed by atoms with Gasteiger partial charge in [0.1, 0.15) is 5.78 Å². The maximum Gasteiger partial charge on any atom is 0.149 e. The molecule has 0 saturated heterocycles. The Hall–Kier alpha value is -0.370. The molecule has 1 fully saturated rings. The summed E-state index contributed by atoms with van der Waals surface area (Å²) >= 11 is 0. The molecule has 0 aliphatic heterocycles. The van der Waals surface area contributed by atoms with E-state index in [2.05, 4.69) is 25.8 Å². The summed E-state index contributed by atoms with van der Waals surface area (Å²) in [6.45, 7) is 5.51. The van der Waals surface area contributed by atoms with E-state index in [0.717, 1.165) is 25.8 Å². The van der Waals surface area contributed by atoms with Gasteiger partial charge in [0.2, 0.25) is 0 Å². The van der Waals surface area contributed by atoms with E-state index < -0.39 is 0 Å². The second-order valence-corrected chi connectivity index (χ2v) is 4.33. The number of Topliss-reactive ketones (excluding diaryl/α,β-unsaturated/α-hetero) is 1. The molecule has 0 bridgehead atoms. The van der Waals surface area contributed by atoms with Gasteiger partial charge in [-0.2, -0.15) is 0 Å². The minimum absolute atomic E-state index is 0.231. The third-order valence-corrected chi connectivity index (χ3v) is 3.10. The van der Waals surface area contributed by atoms with E-state index in [-0.39, 0.29) is 6.04 Å². The van der Waals surface area contributed by atoms with E-state index in [1.54, 1.807) is 0 Å². The Morgan fingerprint density at radius 2 is 2.31 bits per heavy atom. The molecule has 0 aromatic rings. The van der Waals surface area contributed by atoms with Crippen molar-refractivity contribution in [2.75, 3.05) is 13.6 Å². The van der Waals surface area contributed by atoms with Gasteiger partial charge in [0.05, 0.1) is 6.04 Å². The standard InChI is InChI=1S/C11H21NO/c1-4-9(2)8-12(3)10-6-5-7-11(10)13/h9-10H,4-8H2,1-3H3. The van der Waals surface area contributed by atoms with E-state index in [9.17, 15) is 4.79 Å². The van der Waals surface area contributed by atoms with Gasteiger partial charge < -0.3 is 0 Å². The van der Waals surface area contributed by atoms with E-state index >= 15 is 0 Å². The van der Waals surface area contributed by atoms with Crippen molar-refractivity contribution in [1.29, 1.82) is 0 Å². The van der Waals surface area contributed by atoms with Crippen LogP contribution in [-0.4, -0.2) is 30.3 Å². The summed E-state index contributed by atoms with van der Waals surface area (Å²) in [7, 11) is 2.08. The zero-order chi connectivity index (χ0) is 9.84. The molecule has 1 aliphatic carbocycles. The Morgan fingerprint density at radius 1 is 1.62 bits per heavy atom. The summed E-state index contributed by atoms with van der Waals surface area (Å²) < 4.78 is 0. The average Bonchev–Trinajstić information content (AvgIpc) is 2.51. The van der Waals surface area contributed by atoms with Crippen LogP contribution in [0.1, 0.15) is 39.5 Å². The molecular formula is C11H21NO. The maximum atomic E-state index is 11.4. The van der Waals surface area contributed by atoms with Gasteiger partial charge in [-0.3, -0.25) is 9.69 Å². The summed E-state index contributed by atoms with van der Waals surface area (Å²) in [4.78, 5) is 13.7. The lowest BCUT2D eigenvalue weighted by Crippen LogP contribution is -2.37. The number of carbonyl (C=O) groups is 1. The van der Waals surface area contributed by atoms with Crippen LogP contribution in [0.4, 0.5) is 0 Å². The van der Waals surface area contributed by atoms with Crippen molar-refractivity contribution in [3.8, 4) is 0 Å². The molecule has 1 rings (SSSR count). The van der Waals surface area contributed by atoms with Crippen molar-refractivity contribution >= 4 is 5.78 Å². The number of ketones is 1. The Morgan fingerprint density at radius 3 is 2.77 bits per heavy atom. The van der Waals surface area contributed by atoms with E-state index in [1.165, 1.54) is 6.42 Å². The van der Waals surface area contributed by atoms with Gasteiger partial charge in [0.25, 0.3) is 0 Å². The molecule has 0 amide bonds. The van der Waals surface area contributed by atoms with Crippen molar-refractivity contribution in [2.24, 2.45) is 5.92 Å². The van der Waals surface area contributed by atoms with Crippen LogP contribution in [0.15, 0.2) is 0 Å². The number of nitrogens with zero attached hydrogens (tertiary/aromatic N) is 1. The maximum absolute atomic E-state index is 11.4. The van der Waals surface area contributed by atoms with Crippen LogP contribution in [0.2, 0.25) is 0 Å². The molecule has 0 aromatic carbocycles. The van der Waals surface area contributed by atoms with Crippen molar-refractivity contribution in [3.63, 3.8) is 0 Å². The van der Waals surface area contributed by atoms with Gasteiger partial charge in [-0.15, -0.1) is 0 Å². The van der Waals surface area contributed by atoms with Crippen molar-refractivity contribution in [2.45, 2.75) is 45.6 Å². The second kappa shape index (κ2) is 4.75. The highest BCUT2D eigenvalue weighted by Crippen LogP contribution is 2.20. The smallest absolute Gasteiger partial charge is 0.149 e. The SMILES string of the molecule is CCC(C)CN(C)C1CCCC1=O. The monoisotopic (exact) mass is 183 g/mol. The van der Waals surface area contributed by atoms with Crippen molar-refractivity contribution in [1.82, 2.24) is 4.90 Å². The minimum Gasteiger partial charge on any atom is -0.298 e. The fourth-order valence-electron chi connectivity index (χ4n) is 2.01. The lowest BCUT2D eigenvalue weighted by molar-refractivity contribution is -0.121. The van der Waals surface area contributed by atoms with E-state index in [0.29, 0.717) is 11.7 Å². The van der Waals surface area contributed by atoms with Crippen LogP contribution in [0.5, 0.6) is 0 Å². The van der Waals surface area contributed by atoms with Gasteiger partial charge >= 0.3 is 0 Å². The molecule has 0 N–H and O–H groups in total. The van der Waals surface area contributed by atoms with Gasteiger partial charge in [-0.05, 0) is 25.8 Å². The number of rotatable bonds is 4. The van der Waals surface area contributed by atoms with E-state index in [4.69, 9.17) is 0 Å². The average molecular weight is 183 g/mol. The van der Waals surface area contributed by atoms with Crippen LogP contribution in [0.25, 0.3) is 0 Å². The lowest BCUT2D eigenvalue weighted by Gasteiger charge is -2.25. The number of hydrogen-bond donors (Lipinski definition) is 0. The van der Waals surface area contributed by atoms with Gasteiger partial charge in [-0.25, -0.2) is 0 Å². The minimum atomic E-state index is 0.231. The molecule has 0 radical (unpaired) electrons. The molecule has 13 heavy (non-hydrogen) atoms. The number of likely N-dealkylation sites (N-methyl/N-ethyl adjacent to an activating group) is 1. The first-order chi connectivity index (χ1) is 6.15. The van der Waals surface area contributed by atoms with Crippen LogP contribution in [0, 0.1) is 5.92 Å². The highest BCUT2D eigenvalue weighted by molar-refractivity contribution is 5.85. The fraction of sp³-hybridized carbons (Fsp3) is 0.909. The molecule has 1 saturated carbocycles. The largest absolute Gasteiger partial charge is 0.298 e. The predicted molar refractivity (Wildman–Crippen MR) is 54.7 cm³/mol. The third kappa shape index (κ3) is 2.80. The molecule has 2 atom stereocenters. The number of hydrogen-bond acceptors (Lipinski definition) is 2. The summed E-state index contributed by atoms with van der Waals surface area (Å²) in [5, 5.41) is 0. The Bertz CT molecular complexity index is 179. The quantitative estimate of drug-likeness (QED) is 0.665. The first kappa shape index (κ1) is 10.7. The predicted octanol–water partition coefficient (Wildman–Crippen LogP) is 2.09. The summed E-state index contributed by atoms with van der Waals surface area (Å²) in [5.74, 6) is 1.16. The molecule has 2 nitrogen and oxygen atoms in total. The molecule has 1 aliphatic rings. The molecule has 2 heteroatoms. The Kier molecular flexibility index (Phi) is 3.91. The first-order valence-corrected chi connectivity index (χ1v) is 5.38. The van der Waals surface area contributed by atoms with Crippen LogP contribution >= 0.6 is 0 Å². The summed E-state index contributed by atoms with van der Waals surface area (Å²) in [6.07, 6.45) is 4.17. The molecule has 0 spiro atoms. The highest BCUT2D eigenvalue weighted by atomic mass is 16.1. The van der Waals surface area contributed by atoms with Gasteiger partial charge in [-0.1, -0.05) is 20.3 Å². The number of carbonyl (C=O) groups excluding carboxylic acids is 1. The summed E-state index contributed by atoms with van der Waals surface area (Å²) in [5.41, 5.74) is 0.